The van der Waals surface area contributed by atoms with Gasteiger partial charge in [-0.3, -0.25) is 4.79 Å². The molecule has 0 aromatic rings. The third-order valence-electron chi connectivity index (χ3n) is 8.89. The molecular weight excluding hydrogens is 653 g/mol. The maximum atomic E-state index is 12.2. The molecule has 4 heteroatoms. The summed E-state index contributed by atoms with van der Waals surface area (Å²) in [5.41, 5.74) is 0. The van der Waals surface area contributed by atoms with E-state index in [-0.39, 0.29) is 19.2 Å². The molecule has 302 valence electrons. The Balaban J connectivity index is 3.55. The van der Waals surface area contributed by atoms with Crippen LogP contribution in [0.4, 0.5) is 0 Å². The first-order chi connectivity index (χ1) is 26.2. The highest BCUT2D eigenvalue weighted by Crippen LogP contribution is 2.11. The number of aliphatic hydroxyl groups is 1. The van der Waals surface area contributed by atoms with E-state index in [0.29, 0.717) is 13.0 Å². The van der Waals surface area contributed by atoms with Gasteiger partial charge in [-0.05, 0) is 96.3 Å². The standard InChI is InChI=1S/C49H82O4/c1-3-5-7-9-11-13-15-17-19-21-23-25-26-28-30-32-34-36-38-40-42-44-49(51)53-48(46-50)47-52-45-43-41-39-37-35-33-31-29-27-24-22-20-18-16-14-12-10-8-6-4-2/h5,7,11-14,17-20,23-25,27-28,30,48,50H,3-4,6,8-10,15-16,21-22,26,29,31-47H2,1-2H3/b7-5-,13-11-,14-12-,19-17-,20-18-,25-23-,27-24-,30-28-. The SMILES string of the molecule is CC/C=C\C/C=C\C/C=C\C/C=C\C/C=C\CCCCCCCC(=O)OC(CO)COCCCCCCCCC/C=C\C/C=C\C/C=C\CCCCC. The van der Waals surface area contributed by atoms with Crippen LogP contribution in [0, 0.1) is 0 Å². The van der Waals surface area contributed by atoms with Gasteiger partial charge in [-0.25, -0.2) is 0 Å². The Kier molecular flexibility index (Phi) is 43.2. The fourth-order valence-electron chi connectivity index (χ4n) is 5.65. The highest BCUT2D eigenvalue weighted by Gasteiger charge is 2.13. The minimum Gasteiger partial charge on any atom is -0.457 e. The van der Waals surface area contributed by atoms with Crippen molar-refractivity contribution >= 4 is 5.97 Å². The molecule has 0 aliphatic heterocycles. The molecule has 1 unspecified atom stereocenters. The molecule has 0 aromatic carbocycles. The molecule has 0 aliphatic carbocycles. The minimum absolute atomic E-state index is 0.190. The molecule has 0 saturated carbocycles. The number of rotatable bonds is 39. The summed E-state index contributed by atoms with van der Waals surface area (Å²) in [4.78, 5) is 12.2. The Bertz CT molecular complexity index is 996. The van der Waals surface area contributed by atoms with Crippen molar-refractivity contribution in [2.24, 2.45) is 0 Å². The van der Waals surface area contributed by atoms with Crippen LogP contribution < -0.4 is 0 Å². The second kappa shape index (κ2) is 45.5. The van der Waals surface area contributed by atoms with Gasteiger partial charge in [-0.2, -0.15) is 0 Å². The predicted octanol–water partition coefficient (Wildman–Crippen LogP) is 14.5. The molecule has 0 aliphatic rings. The molecule has 4 nitrogen and oxygen atoms in total. The Morgan fingerprint density at radius 1 is 0.472 bits per heavy atom. The number of carbonyl (C=O) groups is 1. The number of hydrogen-bond acceptors (Lipinski definition) is 4. The summed E-state index contributed by atoms with van der Waals surface area (Å²) < 4.78 is 11.1. The third-order valence-corrected chi connectivity index (χ3v) is 8.89. The summed E-state index contributed by atoms with van der Waals surface area (Å²) in [7, 11) is 0. The molecule has 0 bridgehead atoms. The molecule has 0 saturated heterocycles. The number of aliphatic hydroxyl groups excluding tert-OH is 1. The molecule has 0 spiro atoms. The number of esters is 1. The van der Waals surface area contributed by atoms with Crippen molar-refractivity contribution in [2.75, 3.05) is 19.8 Å². The van der Waals surface area contributed by atoms with Gasteiger partial charge in [0.25, 0.3) is 0 Å². The van der Waals surface area contributed by atoms with Crippen LogP contribution in [-0.2, 0) is 14.3 Å². The molecule has 0 rings (SSSR count). The van der Waals surface area contributed by atoms with E-state index in [4.69, 9.17) is 9.47 Å². The average Bonchev–Trinajstić information content (AvgIpc) is 3.16. The molecule has 0 heterocycles. The van der Waals surface area contributed by atoms with Crippen molar-refractivity contribution in [2.45, 2.75) is 187 Å². The van der Waals surface area contributed by atoms with Crippen LogP contribution in [0.15, 0.2) is 97.2 Å². The van der Waals surface area contributed by atoms with E-state index in [2.05, 4.69) is 111 Å². The summed E-state index contributed by atoms with van der Waals surface area (Å²) in [6.07, 6.45) is 64.6. The summed E-state index contributed by atoms with van der Waals surface area (Å²) in [6, 6.07) is 0. The van der Waals surface area contributed by atoms with Gasteiger partial charge in [0, 0.05) is 13.0 Å². The molecule has 1 atom stereocenters. The fourth-order valence-corrected chi connectivity index (χ4v) is 5.65. The van der Waals surface area contributed by atoms with Gasteiger partial charge in [-0.15, -0.1) is 0 Å². The largest absolute Gasteiger partial charge is 0.457 e. The lowest BCUT2D eigenvalue weighted by Crippen LogP contribution is -2.27. The second-order valence-electron chi connectivity index (χ2n) is 14.0. The quantitative estimate of drug-likeness (QED) is 0.0388. The number of carbonyl (C=O) groups excluding carboxylic acids is 1. The normalized spacial score (nSPS) is 13.3. The van der Waals surface area contributed by atoms with Crippen LogP contribution in [0.2, 0.25) is 0 Å². The molecule has 0 radical (unpaired) electrons. The first-order valence-corrected chi connectivity index (χ1v) is 21.8. The predicted molar refractivity (Wildman–Crippen MR) is 232 cm³/mol. The van der Waals surface area contributed by atoms with E-state index < -0.39 is 6.10 Å². The fraction of sp³-hybridized carbons (Fsp3) is 0.653. The number of allylic oxidation sites excluding steroid dienone is 16. The number of unbranched alkanes of at least 4 members (excludes halogenated alkanes) is 15. The van der Waals surface area contributed by atoms with E-state index >= 15 is 0 Å². The zero-order chi connectivity index (χ0) is 38.4. The molecule has 0 amide bonds. The monoisotopic (exact) mass is 735 g/mol. The van der Waals surface area contributed by atoms with Crippen molar-refractivity contribution in [3.63, 3.8) is 0 Å². The Morgan fingerprint density at radius 3 is 1.28 bits per heavy atom. The summed E-state index contributed by atoms with van der Waals surface area (Å²) >= 11 is 0. The second-order valence-corrected chi connectivity index (χ2v) is 14.0. The van der Waals surface area contributed by atoms with E-state index in [9.17, 15) is 9.90 Å². The maximum Gasteiger partial charge on any atom is 0.306 e. The van der Waals surface area contributed by atoms with Gasteiger partial charge in [0.2, 0.25) is 0 Å². The Morgan fingerprint density at radius 2 is 0.849 bits per heavy atom. The van der Waals surface area contributed by atoms with Crippen molar-refractivity contribution < 1.29 is 19.4 Å². The third kappa shape index (κ3) is 43.6. The highest BCUT2D eigenvalue weighted by atomic mass is 16.6. The molecule has 1 N–H and O–H groups in total. The lowest BCUT2D eigenvalue weighted by Gasteiger charge is -2.15. The smallest absolute Gasteiger partial charge is 0.306 e. The summed E-state index contributed by atoms with van der Waals surface area (Å²) in [5, 5.41) is 9.61. The van der Waals surface area contributed by atoms with Crippen LogP contribution >= 0.6 is 0 Å². The van der Waals surface area contributed by atoms with Crippen LogP contribution in [0.5, 0.6) is 0 Å². The molecule has 0 aromatic heterocycles. The van der Waals surface area contributed by atoms with Crippen LogP contribution in [0.3, 0.4) is 0 Å². The molecule has 0 fully saturated rings. The minimum atomic E-state index is -0.557. The lowest BCUT2D eigenvalue weighted by atomic mass is 10.1. The van der Waals surface area contributed by atoms with Crippen molar-refractivity contribution in [1.82, 2.24) is 0 Å². The van der Waals surface area contributed by atoms with Crippen LogP contribution in [-0.4, -0.2) is 37.0 Å². The van der Waals surface area contributed by atoms with E-state index in [1.165, 1.54) is 77.0 Å². The van der Waals surface area contributed by atoms with Crippen molar-refractivity contribution in [3.05, 3.63) is 97.2 Å². The van der Waals surface area contributed by atoms with Gasteiger partial charge >= 0.3 is 5.97 Å². The zero-order valence-electron chi connectivity index (χ0n) is 34.5. The first-order valence-electron chi connectivity index (χ1n) is 21.8. The van der Waals surface area contributed by atoms with E-state index in [0.717, 1.165) is 83.5 Å². The van der Waals surface area contributed by atoms with Crippen LogP contribution in [0.1, 0.15) is 181 Å². The first kappa shape index (κ1) is 50.3. The lowest BCUT2D eigenvalue weighted by molar-refractivity contribution is -0.154. The van der Waals surface area contributed by atoms with Gasteiger partial charge in [0.05, 0.1) is 13.2 Å². The van der Waals surface area contributed by atoms with Crippen molar-refractivity contribution in [1.29, 1.82) is 0 Å². The van der Waals surface area contributed by atoms with Gasteiger partial charge in [0.15, 0.2) is 0 Å². The summed E-state index contributed by atoms with van der Waals surface area (Å²) in [5.74, 6) is -0.227. The average molecular weight is 735 g/mol. The van der Waals surface area contributed by atoms with Crippen molar-refractivity contribution in [3.8, 4) is 0 Å². The summed E-state index contributed by atoms with van der Waals surface area (Å²) in [6.45, 7) is 5.15. The van der Waals surface area contributed by atoms with E-state index in [1.54, 1.807) is 0 Å². The topological polar surface area (TPSA) is 55.8 Å². The maximum absolute atomic E-state index is 12.2. The van der Waals surface area contributed by atoms with Crippen LogP contribution in [0.25, 0.3) is 0 Å². The van der Waals surface area contributed by atoms with E-state index in [1.807, 2.05) is 0 Å². The molecular formula is C49H82O4. The van der Waals surface area contributed by atoms with Gasteiger partial charge < -0.3 is 14.6 Å². The number of ether oxygens (including phenoxy) is 2. The van der Waals surface area contributed by atoms with Gasteiger partial charge in [0.1, 0.15) is 6.10 Å². The Hall–Kier alpha value is -2.69. The Labute approximate surface area is 328 Å². The van der Waals surface area contributed by atoms with Gasteiger partial charge in [-0.1, -0.05) is 175 Å². The number of hydrogen-bond donors (Lipinski definition) is 1. The zero-order valence-corrected chi connectivity index (χ0v) is 34.5. The molecule has 53 heavy (non-hydrogen) atoms. The highest BCUT2D eigenvalue weighted by molar-refractivity contribution is 5.69.